The Morgan fingerprint density at radius 3 is 2.72 bits per heavy atom. The highest BCUT2D eigenvalue weighted by atomic mass is 32.1. The van der Waals surface area contributed by atoms with Gasteiger partial charge in [-0.15, -0.1) is 11.3 Å². The molecule has 2 amide bonds. The van der Waals surface area contributed by atoms with Gasteiger partial charge in [-0.05, 0) is 62.8 Å². The first-order valence-corrected chi connectivity index (χ1v) is 10.3. The SMILES string of the molecule is CCOC(=O)N1C2CCC1CC(CCCNC(=O)Cc1cccs1)C2. The maximum Gasteiger partial charge on any atom is 0.410 e. The Morgan fingerprint density at radius 1 is 1.32 bits per heavy atom. The van der Waals surface area contributed by atoms with Gasteiger partial charge in [-0.3, -0.25) is 4.79 Å². The van der Waals surface area contributed by atoms with E-state index in [2.05, 4.69) is 5.32 Å². The number of nitrogens with one attached hydrogen (secondary N) is 1. The molecule has 6 heteroatoms. The number of amides is 2. The number of nitrogens with zero attached hydrogens (tertiary/aromatic N) is 1. The van der Waals surface area contributed by atoms with Gasteiger partial charge >= 0.3 is 6.09 Å². The van der Waals surface area contributed by atoms with Crippen LogP contribution in [0.1, 0.15) is 50.3 Å². The Balaban J connectivity index is 1.35. The average molecular weight is 365 g/mol. The molecule has 2 aliphatic rings. The summed E-state index contributed by atoms with van der Waals surface area (Å²) in [5.74, 6) is 0.775. The number of hydrogen-bond donors (Lipinski definition) is 1. The normalized spacial score (nSPS) is 25.0. The van der Waals surface area contributed by atoms with E-state index in [1.54, 1.807) is 11.3 Å². The van der Waals surface area contributed by atoms with E-state index >= 15 is 0 Å². The first-order chi connectivity index (χ1) is 12.2. The molecule has 25 heavy (non-hydrogen) atoms. The van der Waals surface area contributed by atoms with E-state index in [0.29, 0.717) is 31.0 Å². The summed E-state index contributed by atoms with van der Waals surface area (Å²) in [6, 6.07) is 4.69. The van der Waals surface area contributed by atoms with Crippen LogP contribution in [-0.2, 0) is 16.0 Å². The molecule has 1 aromatic rings. The molecule has 3 rings (SSSR count). The van der Waals surface area contributed by atoms with Crippen LogP contribution in [0.4, 0.5) is 4.79 Å². The van der Waals surface area contributed by atoms with E-state index in [9.17, 15) is 9.59 Å². The van der Waals surface area contributed by atoms with Crippen LogP contribution < -0.4 is 5.32 Å². The Labute approximate surface area is 153 Å². The van der Waals surface area contributed by atoms with Gasteiger partial charge in [0.25, 0.3) is 0 Å². The van der Waals surface area contributed by atoms with Crippen molar-refractivity contribution in [2.45, 2.75) is 64.0 Å². The Hall–Kier alpha value is -1.56. The summed E-state index contributed by atoms with van der Waals surface area (Å²) in [6.07, 6.45) is 6.88. The second-order valence-electron chi connectivity index (χ2n) is 7.08. The summed E-state index contributed by atoms with van der Waals surface area (Å²) < 4.78 is 5.21. The summed E-state index contributed by atoms with van der Waals surface area (Å²) >= 11 is 1.62. The Bertz CT molecular complexity index is 561. The summed E-state index contributed by atoms with van der Waals surface area (Å²) in [7, 11) is 0. The van der Waals surface area contributed by atoms with Gasteiger partial charge in [0.05, 0.1) is 13.0 Å². The average Bonchev–Trinajstić information content (AvgIpc) is 3.18. The van der Waals surface area contributed by atoms with Gasteiger partial charge in [0, 0.05) is 23.5 Å². The predicted octanol–water partition coefficient (Wildman–Crippen LogP) is 3.59. The summed E-state index contributed by atoms with van der Waals surface area (Å²) in [5.41, 5.74) is 0. The van der Waals surface area contributed by atoms with Crippen LogP contribution in [0.2, 0.25) is 0 Å². The molecule has 0 saturated carbocycles. The molecule has 0 aromatic carbocycles. The quantitative estimate of drug-likeness (QED) is 0.752. The molecule has 2 saturated heterocycles. The number of carbonyl (C=O) groups is 2. The van der Waals surface area contributed by atoms with Crippen LogP contribution in [0.15, 0.2) is 17.5 Å². The molecule has 2 bridgehead atoms. The zero-order valence-electron chi connectivity index (χ0n) is 14.9. The third-order valence-corrected chi connectivity index (χ3v) is 6.21. The smallest absolute Gasteiger partial charge is 0.410 e. The summed E-state index contributed by atoms with van der Waals surface area (Å²) in [6.45, 7) is 3.06. The third-order valence-electron chi connectivity index (χ3n) is 5.34. The molecular weight excluding hydrogens is 336 g/mol. The van der Waals surface area contributed by atoms with Crippen LogP contribution in [0.5, 0.6) is 0 Å². The molecule has 0 spiro atoms. The van der Waals surface area contributed by atoms with Crippen molar-refractivity contribution >= 4 is 23.3 Å². The molecule has 1 N–H and O–H groups in total. The van der Waals surface area contributed by atoms with Crippen LogP contribution in [0.3, 0.4) is 0 Å². The monoisotopic (exact) mass is 364 g/mol. The molecule has 2 fully saturated rings. The van der Waals surface area contributed by atoms with E-state index in [-0.39, 0.29) is 12.0 Å². The highest BCUT2D eigenvalue weighted by molar-refractivity contribution is 7.10. The number of carbonyl (C=O) groups excluding carboxylic acids is 2. The second kappa shape index (κ2) is 8.70. The molecule has 3 heterocycles. The minimum Gasteiger partial charge on any atom is -0.450 e. The van der Waals surface area contributed by atoms with Crippen molar-refractivity contribution in [1.82, 2.24) is 10.2 Å². The second-order valence-corrected chi connectivity index (χ2v) is 8.11. The number of thiophene rings is 1. The van der Waals surface area contributed by atoms with Crippen molar-refractivity contribution < 1.29 is 14.3 Å². The summed E-state index contributed by atoms with van der Waals surface area (Å²) in [5, 5.41) is 5.03. The lowest BCUT2D eigenvalue weighted by Crippen LogP contribution is -2.46. The highest BCUT2D eigenvalue weighted by Gasteiger charge is 2.43. The number of piperidine rings is 1. The fourth-order valence-electron chi connectivity index (χ4n) is 4.27. The molecule has 2 aliphatic heterocycles. The van der Waals surface area contributed by atoms with E-state index in [1.807, 2.05) is 29.3 Å². The van der Waals surface area contributed by atoms with E-state index < -0.39 is 0 Å². The minimum absolute atomic E-state index is 0.111. The van der Waals surface area contributed by atoms with Gasteiger partial charge < -0.3 is 15.0 Å². The topological polar surface area (TPSA) is 58.6 Å². The number of rotatable bonds is 7. The highest BCUT2D eigenvalue weighted by Crippen LogP contribution is 2.40. The van der Waals surface area contributed by atoms with E-state index in [1.165, 1.54) is 0 Å². The maximum atomic E-state index is 12.1. The molecule has 2 unspecified atom stereocenters. The molecule has 0 aliphatic carbocycles. The van der Waals surface area contributed by atoms with E-state index in [4.69, 9.17) is 4.74 Å². The first kappa shape index (κ1) is 18.2. The number of hydrogen-bond acceptors (Lipinski definition) is 4. The van der Waals surface area contributed by atoms with E-state index in [0.717, 1.165) is 49.9 Å². The lowest BCUT2D eigenvalue weighted by molar-refractivity contribution is -0.120. The van der Waals surface area contributed by atoms with Gasteiger partial charge in [-0.25, -0.2) is 4.79 Å². The van der Waals surface area contributed by atoms with Gasteiger partial charge in [0.15, 0.2) is 0 Å². The standard InChI is InChI=1S/C19H28N2O3S/c1-2-24-19(23)21-15-7-8-16(21)12-14(11-15)5-3-9-20-18(22)13-17-6-4-10-25-17/h4,6,10,14-16H,2-3,5,7-9,11-13H2,1H3,(H,20,22). The van der Waals surface area contributed by atoms with Gasteiger partial charge in [0.1, 0.15) is 0 Å². The zero-order chi connectivity index (χ0) is 17.6. The van der Waals surface area contributed by atoms with Crippen LogP contribution in [0.25, 0.3) is 0 Å². The molecule has 138 valence electrons. The van der Waals surface area contributed by atoms with Gasteiger partial charge in [-0.1, -0.05) is 6.07 Å². The maximum absolute atomic E-state index is 12.1. The zero-order valence-corrected chi connectivity index (χ0v) is 15.7. The Kier molecular flexibility index (Phi) is 6.34. The Morgan fingerprint density at radius 2 is 2.08 bits per heavy atom. The van der Waals surface area contributed by atoms with Gasteiger partial charge in [-0.2, -0.15) is 0 Å². The van der Waals surface area contributed by atoms with Crippen molar-refractivity contribution in [2.24, 2.45) is 5.92 Å². The summed E-state index contributed by atoms with van der Waals surface area (Å²) in [4.78, 5) is 27.1. The first-order valence-electron chi connectivity index (χ1n) is 9.41. The molecule has 1 aromatic heterocycles. The number of fused-ring (bicyclic) bond motifs is 2. The largest absolute Gasteiger partial charge is 0.450 e. The fraction of sp³-hybridized carbons (Fsp3) is 0.684. The van der Waals surface area contributed by atoms with Crippen molar-refractivity contribution in [1.29, 1.82) is 0 Å². The lowest BCUT2D eigenvalue weighted by atomic mass is 9.87. The van der Waals surface area contributed by atoms with Crippen molar-refractivity contribution in [3.05, 3.63) is 22.4 Å². The molecule has 2 atom stereocenters. The molecule has 5 nitrogen and oxygen atoms in total. The molecular formula is C19H28N2O3S. The fourth-order valence-corrected chi connectivity index (χ4v) is 4.98. The van der Waals surface area contributed by atoms with Crippen LogP contribution >= 0.6 is 11.3 Å². The number of ether oxygens (including phenoxy) is 1. The van der Waals surface area contributed by atoms with Crippen molar-refractivity contribution in [2.75, 3.05) is 13.2 Å². The van der Waals surface area contributed by atoms with Crippen LogP contribution in [-0.4, -0.2) is 42.1 Å². The third kappa shape index (κ3) is 4.75. The van der Waals surface area contributed by atoms with Crippen LogP contribution in [0, 0.1) is 5.92 Å². The van der Waals surface area contributed by atoms with Crippen molar-refractivity contribution in [3.63, 3.8) is 0 Å². The van der Waals surface area contributed by atoms with Crippen molar-refractivity contribution in [3.8, 4) is 0 Å². The molecule has 0 radical (unpaired) electrons. The lowest BCUT2D eigenvalue weighted by Gasteiger charge is -2.38. The minimum atomic E-state index is -0.130. The predicted molar refractivity (Wildman–Crippen MR) is 98.7 cm³/mol. The van der Waals surface area contributed by atoms with Gasteiger partial charge in [0.2, 0.25) is 5.91 Å².